The van der Waals surface area contributed by atoms with Gasteiger partial charge in [0.05, 0.1) is 17.6 Å². The Labute approximate surface area is 152 Å². The number of likely N-dealkylation sites (tertiary alicyclic amines) is 1. The highest BCUT2D eigenvalue weighted by Crippen LogP contribution is 2.19. The molecule has 134 valence electrons. The third kappa shape index (κ3) is 3.60. The van der Waals surface area contributed by atoms with E-state index in [1.165, 1.54) is 0 Å². The number of hydrogen-bond acceptors (Lipinski definition) is 4. The molecule has 26 heavy (non-hydrogen) atoms. The number of fused-ring (bicyclic) bond motifs is 1. The van der Waals surface area contributed by atoms with Crippen LogP contribution in [0.3, 0.4) is 0 Å². The van der Waals surface area contributed by atoms with Crippen molar-refractivity contribution in [1.82, 2.24) is 25.2 Å². The summed E-state index contributed by atoms with van der Waals surface area (Å²) in [5, 5.41) is 3.04. The number of nitrogens with one attached hydrogen (secondary N) is 2. The van der Waals surface area contributed by atoms with Crippen molar-refractivity contribution < 1.29 is 4.79 Å². The van der Waals surface area contributed by atoms with Crippen molar-refractivity contribution in [3.05, 3.63) is 59.7 Å². The van der Waals surface area contributed by atoms with Crippen LogP contribution in [0.1, 0.15) is 28.3 Å². The summed E-state index contributed by atoms with van der Waals surface area (Å²) >= 11 is 0. The second-order valence-corrected chi connectivity index (χ2v) is 6.97. The molecule has 2 N–H and O–H groups in total. The van der Waals surface area contributed by atoms with Crippen molar-refractivity contribution in [3.63, 3.8) is 0 Å². The molecule has 1 aliphatic rings. The number of amides is 1. The monoisotopic (exact) mass is 349 g/mol. The van der Waals surface area contributed by atoms with Gasteiger partial charge in [0.1, 0.15) is 11.5 Å². The van der Waals surface area contributed by atoms with E-state index in [1.807, 2.05) is 43.3 Å². The van der Waals surface area contributed by atoms with E-state index in [0.29, 0.717) is 18.2 Å². The largest absolute Gasteiger partial charge is 0.350 e. The average Bonchev–Trinajstić information content (AvgIpc) is 3.26. The number of benzene rings is 1. The summed E-state index contributed by atoms with van der Waals surface area (Å²) in [5.74, 6) is 1.38. The van der Waals surface area contributed by atoms with Gasteiger partial charge in [-0.3, -0.25) is 14.7 Å². The zero-order valence-electron chi connectivity index (χ0n) is 14.9. The minimum absolute atomic E-state index is 0.0844. The van der Waals surface area contributed by atoms with Gasteiger partial charge >= 0.3 is 0 Å². The molecule has 3 aromatic rings. The molecule has 4 rings (SSSR count). The van der Waals surface area contributed by atoms with Gasteiger partial charge in [0, 0.05) is 19.3 Å². The Morgan fingerprint density at radius 1 is 1.31 bits per heavy atom. The maximum atomic E-state index is 12.3. The molecular formula is C20H23N5O. The molecule has 0 aliphatic carbocycles. The van der Waals surface area contributed by atoms with Gasteiger partial charge < -0.3 is 10.3 Å². The molecule has 6 heteroatoms. The molecule has 0 saturated carbocycles. The third-order valence-electron chi connectivity index (χ3n) is 4.96. The fourth-order valence-corrected chi connectivity index (χ4v) is 3.56. The minimum Gasteiger partial charge on any atom is -0.350 e. The van der Waals surface area contributed by atoms with Crippen LogP contribution in [0, 0.1) is 12.8 Å². The van der Waals surface area contributed by atoms with Crippen molar-refractivity contribution >= 4 is 16.9 Å². The minimum atomic E-state index is -0.0844. The highest BCUT2D eigenvalue weighted by atomic mass is 16.1. The first kappa shape index (κ1) is 16.7. The van der Waals surface area contributed by atoms with Crippen LogP contribution in [0.2, 0.25) is 0 Å². The van der Waals surface area contributed by atoms with Crippen LogP contribution in [0.5, 0.6) is 0 Å². The number of carbonyl (C=O) groups is 1. The van der Waals surface area contributed by atoms with Crippen molar-refractivity contribution in [1.29, 1.82) is 0 Å². The highest BCUT2D eigenvalue weighted by Gasteiger charge is 2.24. The van der Waals surface area contributed by atoms with E-state index in [1.54, 1.807) is 6.20 Å². The summed E-state index contributed by atoms with van der Waals surface area (Å²) in [6.07, 6.45) is 2.74. The van der Waals surface area contributed by atoms with E-state index < -0.39 is 0 Å². The van der Waals surface area contributed by atoms with Crippen LogP contribution < -0.4 is 5.32 Å². The van der Waals surface area contributed by atoms with E-state index in [2.05, 4.69) is 25.2 Å². The van der Waals surface area contributed by atoms with Crippen molar-refractivity contribution in [2.24, 2.45) is 5.92 Å². The molecule has 6 nitrogen and oxygen atoms in total. The molecule has 1 unspecified atom stereocenters. The number of carbonyl (C=O) groups excluding carboxylic acids is 1. The van der Waals surface area contributed by atoms with E-state index in [-0.39, 0.29) is 5.91 Å². The zero-order chi connectivity index (χ0) is 17.9. The number of pyridine rings is 1. The van der Waals surface area contributed by atoms with Crippen LogP contribution in [0.25, 0.3) is 11.0 Å². The second kappa shape index (κ2) is 7.25. The number of rotatable bonds is 5. The Bertz CT molecular complexity index is 886. The molecular weight excluding hydrogens is 326 g/mol. The Kier molecular flexibility index (Phi) is 4.67. The first-order valence-corrected chi connectivity index (χ1v) is 9.05. The first-order chi connectivity index (χ1) is 12.7. The quantitative estimate of drug-likeness (QED) is 0.742. The topological polar surface area (TPSA) is 73.9 Å². The summed E-state index contributed by atoms with van der Waals surface area (Å²) in [5.41, 5.74) is 3.51. The summed E-state index contributed by atoms with van der Waals surface area (Å²) in [6, 6.07) is 11.9. The number of aromatic nitrogens is 3. The van der Waals surface area contributed by atoms with E-state index >= 15 is 0 Å². The molecule has 1 atom stereocenters. The van der Waals surface area contributed by atoms with Gasteiger partial charge in [-0.05, 0) is 49.6 Å². The SMILES string of the molecule is Cc1cccnc1C(=O)NCC1CCN(Cc2nc3ccccc3[nH]2)C1. The third-order valence-corrected chi connectivity index (χ3v) is 4.96. The molecule has 0 radical (unpaired) electrons. The molecule has 1 aliphatic heterocycles. The molecule has 0 bridgehead atoms. The lowest BCUT2D eigenvalue weighted by molar-refractivity contribution is 0.0941. The molecule has 1 fully saturated rings. The van der Waals surface area contributed by atoms with Crippen molar-refractivity contribution in [2.45, 2.75) is 19.9 Å². The molecule has 1 saturated heterocycles. The Morgan fingerprint density at radius 2 is 2.19 bits per heavy atom. The number of para-hydroxylation sites is 2. The summed E-state index contributed by atoms with van der Waals surface area (Å²) in [7, 11) is 0. The Morgan fingerprint density at radius 3 is 3.04 bits per heavy atom. The van der Waals surface area contributed by atoms with Gasteiger partial charge in [0.2, 0.25) is 0 Å². The number of imidazole rings is 1. The first-order valence-electron chi connectivity index (χ1n) is 9.05. The van der Waals surface area contributed by atoms with E-state index in [0.717, 1.165) is 48.5 Å². The molecule has 1 amide bonds. The van der Waals surface area contributed by atoms with Gasteiger partial charge in [-0.2, -0.15) is 0 Å². The van der Waals surface area contributed by atoms with Gasteiger partial charge in [-0.15, -0.1) is 0 Å². The smallest absolute Gasteiger partial charge is 0.270 e. The maximum Gasteiger partial charge on any atom is 0.270 e. The number of H-pyrrole nitrogens is 1. The van der Waals surface area contributed by atoms with Crippen molar-refractivity contribution in [3.8, 4) is 0 Å². The van der Waals surface area contributed by atoms with E-state index in [4.69, 9.17) is 0 Å². The van der Waals surface area contributed by atoms with Crippen LogP contribution >= 0.6 is 0 Å². The summed E-state index contributed by atoms with van der Waals surface area (Å²) in [4.78, 5) is 26.9. The molecule has 3 heterocycles. The second-order valence-electron chi connectivity index (χ2n) is 6.97. The summed E-state index contributed by atoms with van der Waals surface area (Å²) in [6.45, 7) is 5.41. The normalized spacial score (nSPS) is 17.7. The summed E-state index contributed by atoms with van der Waals surface area (Å²) < 4.78 is 0. The number of aromatic amines is 1. The average molecular weight is 349 g/mol. The highest BCUT2D eigenvalue weighted by molar-refractivity contribution is 5.93. The molecule has 2 aromatic heterocycles. The van der Waals surface area contributed by atoms with Crippen LogP contribution in [-0.2, 0) is 6.54 Å². The number of aryl methyl sites for hydroxylation is 1. The van der Waals surface area contributed by atoms with Gasteiger partial charge in [0.15, 0.2) is 0 Å². The Balaban J connectivity index is 1.30. The standard InChI is InChI=1S/C20H23N5O/c1-14-5-4-9-21-19(14)20(26)22-11-15-8-10-25(12-15)13-18-23-16-6-2-3-7-17(16)24-18/h2-7,9,15H,8,10-13H2,1H3,(H,22,26)(H,23,24). The zero-order valence-corrected chi connectivity index (χ0v) is 14.9. The lowest BCUT2D eigenvalue weighted by Crippen LogP contribution is -2.31. The van der Waals surface area contributed by atoms with Crippen LogP contribution in [0.15, 0.2) is 42.6 Å². The van der Waals surface area contributed by atoms with Crippen molar-refractivity contribution in [2.75, 3.05) is 19.6 Å². The Hall–Kier alpha value is -2.73. The lowest BCUT2D eigenvalue weighted by atomic mass is 10.1. The van der Waals surface area contributed by atoms with Gasteiger partial charge in [0.25, 0.3) is 5.91 Å². The van der Waals surface area contributed by atoms with E-state index in [9.17, 15) is 4.79 Å². The fraction of sp³-hybridized carbons (Fsp3) is 0.350. The van der Waals surface area contributed by atoms with Crippen LogP contribution in [0.4, 0.5) is 0 Å². The number of nitrogens with zero attached hydrogens (tertiary/aromatic N) is 3. The molecule has 1 aromatic carbocycles. The lowest BCUT2D eigenvalue weighted by Gasteiger charge is -2.15. The van der Waals surface area contributed by atoms with Gasteiger partial charge in [-0.25, -0.2) is 4.98 Å². The fourth-order valence-electron chi connectivity index (χ4n) is 3.56. The predicted octanol–water partition coefficient (Wildman–Crippen LogP) is 2.52. The number of hydrogen-bond donors (Lipinski definition) is 2. The van der Waals surface area contributed by atoms with Crippen LogP contribution in [-0.4, -0.2) is 45.4 Å². The maximum absolute atomic E-state index is 12.3. The predicted molar refractivity (Wildman–Crippen MR) is 101 cm³/mol. The van der Waals surface area contributed by atoms with Gasteiger partial charge in [-0.1, -0.05) is 18.2 Å². The molecule has 0 spiro atoms.